The fraction of sp³-hybridized carbons (Fsp3) is 0.333. The Bertz CT molecular complexity index is 653. The SMILES string of the molecule is c1ccc2c(c1)OCCCN2c1cccc2c1CCCN2. The van der Waals surface area contributed by atoms with Gasteiger partial charge in [0.1, 0.15) is 5.75 Å². The number of nitrogens with one attached hydrogen (secondary N) is 1. The second kappa shape index (κ2) is 5.32. The van der Waals surface area contributed by atoms with Gasteiger partial charge in [-0.1, -0.05) is 18.2 Å². The summed E-state index contributed by atoms with van der Waals surface area (Å²) in [7, 11) is 0. The first-order valence-corrected chi connectivity index (χ1v) is 7.78. The Balaban J connectivity index is 1.83. The molecule has 2 aromatic carbocycles. The highest BCUT2D eigenvalue weighted by Gasteiger charge is 2.22. The fourth-order valence-corrected chi connectivity index (χ4v) is 3.32. The third kappa shape index (κ3) is 2.23. The number of anilines is 3. The zero-order valence-corrected chi connectivity index (χ0v) is 12.1. The Morgan fingerprint density at radius 2 is 1.86 bits per heavy atom. The van der Waals surface area contributed by atoms with Crippen molar-refractivity contribution in [1.29, 1.82) is 0 Å². The van der Waals surface area contributed by atoms with Gasteiger partial charge >= 0.3 is 0 Å². The molecule has 0 amide bonds. The molecule has 0 unspecified atom stereocenters. The molecule has 21 heavy (non-hydrogen) atoms. The van der Waals surface area contributed by atoms with Crippen molar-refractivity contribution in [1.82, 2.24) is 0 Å². The van der Waals surface area contributed by atoms with Crippen molar-refractivity contribution in [3.8, 4) is 5.75 Å². The number of ether oxygens (including phenoxy) is 1. The van der Waals surface area contributed by atoms with Gasteiger partial charge in [-0.05, 0) is 49.1 Å². The van der Waals surface area contributed by atoms with Gasteiger partial charge in [0.15, 0.2) is 0 Å². The van der Waals surface area contributed by atoms with Gasteiger partial charge in [0.05, 0.1) is 12.3 Å². The van der Waals surface area contributed by atoms with Crippen LogP contribution in [0.25, 0.3) is 0 Å². The molecule has 108 valence electrons. The van der Waals surface area contributed by atoms with Gasteiger partial charge in [0, 0.05) is 24.5 Å². The highest BCUT2D eigenvalue weighted by atomic mass is 16.5. The monoisotopic (exact) mass is 280 g/mol. The molecule has 3 heteroatoms. The van der Waals surface area contributed by atoms with Crippen molar-refractivity contribution in [2.75, 3.05) is 29.9 Å². The van der Waals surface area contributed by atoms with Gasteiger partial charge in [-0.2, -0.15) is 0 Å². The predicted octanol–water partition coefficient (Wildman–Crippen LogP) is 3.97. The molecule has 0 saturated carbocycles. The standard InChI is InChI=1S/C18H20N2O/c1-2-10-18-17(8-1)20(12-5-13-21-18)16-9-3-7-15-14(16)6-4-11-19-15/h1-3,7-10,19H,4-6,11-13H2. The second-order valence-electron chi connectivity index (χ2n) is 5.65. The number of nitrogens with zero attached hydrogens (tertiary/aromatic N) is 1. The highest BCUT2D eigenvalue weighted by molar-refractivity contribution is 5.76. The van der Waals surface area contributed by atoms with E-state index in [4.69, 9.17) is 4.74 Å². The Morgan fingerprint density at radius 3 is 2.86 bits per heavy atom. The smallest absolute Gasteiger partial charge is 0.142 e. The number of benzene rings is 2. The summed E-state index contributed by atoms with van der Waals surface area (Å²) >= 11 is 0. The summed E-state index contributed by atoms with van der Waals surface area (Å²) in [5.74, 6) is 0.997. The van der Waals surface area contributed by atoms with Crippen molar-refractivity contribution in [2.45, 2.75) is 19.3 Å². The average molecular weight is 280 g/mol. The summed E-state index contributed by atoms with van der Waals surface area (Å²) in [6, 6.07) is 15.0. The van der Waals surface area contributed by atoms with E-state index < -0.39 is 0 Å². The molecule has 2 aliphatic rings. The van der Waals surface area contributed by atoms with E-state index in [9.17, 15) is 0 Å². The molecular weight excluding hydrogens is 260 g/mol. The van der Waals surface area contributed by atoms with E-state index in [-0.39, 0.29) is 0 Å². The highest BCUT2D eigenvalue weighted by Crippen LogP contribution is 2.40. The van der Waals surface area contributed by atoms with E-state index in [1.807, 2.05) is 6.07 Å². The van der Waals surface area contributed by atoms with Crippen LogP contribution in [0.15, 0.2) is 42.5 Å². The summed E-state index contributed by atoms with van der Waals surface area (Å²) in [4.78, 5) is 2.42. The lowest BCUT2D eigenvalue weighted by Crippen LogP contribution is -2.21. The van der Waals surface area contributed by atoms with Crippen LogP contribution in [0.5, 0.6) is 5.75 Å². The van der Waals surface area contributed by atoms with Crippen LogP contribution in [0.1, 0.15) is 18.4 Å². The Labute approximate surface area is 125 Å². The Hall–Kier alpha value is -2.16. The average Bonchev–Trinajstić information content (AvgIpc) is 2.77. The lowest BCUT2D eigenvalue weighted by molar-refractivity contribution is 0.322. The number of hydrogen-bond acceptors (Lipinski definition) is 3. The maximum atomic E-state index is 5.89. The van der Waals surface area contributed by atoms with Crippen LogP contribution in [0.4, 0.5) is 17.1 Å². The molecule has 0 atom stereocenters. The molecule has 0 saturated heterocycles. The third-order valence-electron chi connectivity index (χ3n) is 4.30. The van der Waals surface area contributed by atoms with Gasteiger partial charge in [-0.25, -0.2) is 0 Å². The van der Waals surface area contributed by atoms with Crippen LogP contribution < -0.4 is 15.0 Å². The van der Waals surface area contributed by atoms with Crippen molar-refractivity contribution in [2.24, 2.45) is 0 Å². The van der Waals surface area contributed by atoms with E-state index in [2.05, 4.69) is 46.6 Å². The molecule has 3 nitrogen and oxygen atoms in total. The van der Waals surface area contributed by atoms with Crippen LogP contribution in [-0.2, 0) is 6.42 Å². The van der Waals surface area contributed by atoms with E-state index in [1.54, 1.807) is 0 Å². The minimum absolute atomic E-state index is 0.792. The van der Waals surface area contributed by atoms with Crippen molar-refractivity contribution < 1.29 is 4.74 Å². The number of fused-ring (bicyclic) bond motifs is 2. The van der Waals surface area contributed by atoms with E-state index >= 15 is 0 Å². The van der Waals surface area contributed by atoms with Crippen LogP contribution in [0, 0.1) is 0 Å². The van der Waals surface area contributed by atoms with Crippen LogP contribution in [0.2, 0.25) is 0 Å². The third-order valence-corrected chi connectivity index (χ3v) is 4.30. The molecule has 0 bridgehead atoms. The summed E-state index contributed by atoms with van der Waals surface area (Å²) in [5, 5.41) is 3.52. The normalized spacial score (nSPS) is 17.0. The number of hydrogen-bond donors (Lipinski definition) is 1. The molecular formula is C18H20N2O. The van der Waals surface area contributed by atoms with Gasteiger partial charge in [-0.15, -0.1) is 0 Å². The molecule has 4 rings (SSSR count). The molecule has 2 heterocycles. The first kappa shape index (κ1) is 12.6. The minimum atomic E-state index is 0.792. The summed E-state index contributed by atoms with van der Waals surface area (Å²) in [6.07, 6.45) is 3.40. The van der Waals surface area contributed by atoms with Gasteiger partial charge < -0.3 is 15.0 Å². The fourth-order valence-electron chi connectivity index (χ4n) is 3.32. The molecule has 0 spiro atoms. The Morgan fingerprint density at radius 1 is 0.952 bits per heavy atom. The van der Waals surface area contributed by atoms with Gasteiger partial charge in [-0.3, -0.25) is 0 Å². The molecule has 1 N–H and O–H groups in total. The number of rotatable bonds is 1. The molecule has 0 radical (unpaired) electrons. The van der Waals surface area contributed by atoms with E-state index in [1.165, 1.54) is 29.0 Å². The molecule has 0 aromatic heterocycles. The lowest BCUT2D eigenvalue weighted by Gasteiger charge is -2.29. The molecule has 2 aliphatic heterocycles. The van der Waals surface area contributed by atoms with Crippen molar-refractivity contribution in [3.05, 3.63) is 48.0 Å². The van der Waals surface area contributed by atoms with E-state index in [0.717, 1.165) is 38.3 Å². The van der Waals surface area contributed by atoms with Crippen LogP contribution >= 0.6 is 0 Å². The summed E-state index contributed by atoms with van der Waals surface area (Å²) in [6.45, 7) is 2.88. The summed E-state index contributed by atoms with van der Waals surface area (Å²) in [5.41, 5.74) is 5.26. The minimum Gasteiger partial charge on any atom is -0.491 e. The zero-order valence-electron chi connectivity index (χ0n) is 12.1. The topological polar surface area (TPSA) is 24.5 Å². The molecule has 2 aromatic rings. The number of para-hydroxylation sites is 2. The second-order valence-corrected chi connectivity index (χ2v) is 5.65. The van der Waals surface area contributed by atoms with Crippen molar-refractivity contribution in [3.63, 3.8) is 0 Å². The maximum absolute atomic E-state index is 5.89. The molecule has 0 aliphatic carbocycles. The van der Waals surface area contributed by atoms with E-state index in [0.29, 0.717) is 0 Å². The largest absolute Gasteiger partial charge is 0.491 e. The van der Waals surface area contributed by atoms with Crippen LogP contribution in [-0.4, -0.2) is 19.7 Å². The summed E-state index contributed by atoms with van der Waals surface area (Å²) < 4.78 is 5.89. The Kier molecular flexibility index (Phi) is 3.18. The lowest BCUT2D eigenvalue weighted by atomic mass is 10.00. The van der Waals surface area contributed by atoms with Crippen LogP contribution in [0.3, 0.4) is 0 Å². The quantitative estimate of drug-likeness (QED) is 0.855. The van der Waals surface area contributed by atoms with Gasteiger partial charge in [0.25, 0.3) is 0 Å². The first-order valence-electron chi connectivity index (χ1n) is 7.78. The van der Waals surface area contributed by atoms with Gasteiger partial charge in [0.2, 0.25) is 0 Å². The van der Waals surface area contributed by atoms with Crippen molar-refractivity contribution >= 4 is 17.1 Å². The first-order chi connectivity index (χ1) is 10.4. The zero-order chi connectivity index (χ0) is 14.1. The predicted molar refractivity (Wildman–Crippen MR) is 86.8 cm³/mol. The maximum Gasteiger partial charge on any atom is 0.142 e. The molecule has 0 fully saturated rings.